The molecular formula is C8H15NO2. The highest BCUT2D eigenvalue weighted by Gasteiger charge is 2.22. The van der Waals surface area contributed by atoms with E-state index in [9.17, 15) is 4.79 Å². The van der Waals surface area contributed by atoms with Gasteiger partial charge in [-0.05, 0) is 13.3 Å². The zero-order valence-electron chi connectivity index (χ0n) is 6.84. The number of aliphatic hydroxyl groups excluding tert-OH is 1. The van der Waals surface area contributed by atoms with Crippen LogP contribution in [0.3, 0.4) is 0 Å². The van der Waals surface area contributed by atoms with Crippen molar-refractivity contribution in [1.29, 1.82) is 0 Å². The molecule has 1 saturated heterocycles. The lowest BCUT2D eigenvalue weighted by Crippen LogP contribution is -2.38. The predicted molar refractivity (Wildman–Crippen MR) is 42.3 cm³/mol. The first-order valence-corrected chi connectivity index (χ1v) is 4.11. The van der Waals surface area contributed by atoms with Crippen LogP contribution in [0.4, 0.5) is 0 Å². The van der Waals surface area contributed by atoms with E-state index in [1.165, 1.54) is 0 Å². The van der Waals surface area contributed by atoms with Crippen LogP contribution in [-0.2, 0) is 4.79 Å². The maximum absolute atomic E-state index is 11.2. The van der Waals surface area contributed by atoms with Gasteiger partial charge in [-0.2, -0.15) is 0 Å². The maximum Gasteiger partial charge on any atom is 0.138 e. The van der Waals surface area contributed by atoms with E-state index < -0.39 is 0 Å². The number of piperidine rings is 1. The minimum atomic E-state index is -0.358. The van der Waals surface area contributed by atoms with Gasteiger partial charge in [0.1, 0.15) is 5.78 Å². The van der Waals surface area contributed by atoms with Crippen molar-refractivity contribution in [2.45, 2.75) is 25.9 Å². The van der Waals surface area contributed by atoms with Crippen molar-refractivity contribution in [1.82, 2.24) is 5.32 Å². The highest BCUT2D eigenvalue weighted by molar-refractivity contribution is 5.82. The summed E-state index contributed by atoms with van der Waals surface area (Å²) in [6, 6.07) is 0. The topological polar surface area (TPSA) is 49.3 Å². The molecule has 1 aliphatic rings. The molecule has 1 aliphatic heterocycles. The fourth-order valence-electron chi connectivity index (χ4n) is 1.43. The molecule has 3 heteroatoms. The molecule has 2 atom stereocenters. The number of carbonyl (C=O) groups excluding carboxylic acids is 1. The lowest BCUT2D eigenvalue weighted by Gasteiger charge is -2.22. The summed E-state index contributed by atoms with van der Waals surface area (Å²) in [6.45, 7) is 3.26. The van der Waals surface area contributed by atoms with Gasteiger partial charge in [0.2, 0.25) is 0 Å². The molecule has 0 aromatic heterocycles. The Labute approximate surface area is 66.8 Å². The molecular weight excluding hydrogens is 142 g/mol. The molecule has 0 aliphatic carbocycles. The van der Waals surface area contributed by atoms with E-state index in [1.54, 1.807) is 6.92 Å². The Morgan fingerprint density at radius 1 is 1.82 bits per heavy atom. The molecule has 64 valence electrons. The molecule has 1 fully saturated rings. The van der Waals surface area contributed by atoms with Gasteiger partial charge in [-0.15, -0.1) is 0 Å². The van der Waals surface area contributed by atoms with Crippen LogP contribution in [0.25, 0.3) is 0 Å². The first-order chi connectivity index (χ1) is 5.20. The number of Topliss-reactive ketones (excluding diaryl/α,β-unsaturated/α-hetero) is 1. The van der Waals surface area contributed by atoms with Crippen molar-refractivity contribution in [3.8, 4) is 0 Å². The largest absolute Gasteiger partial charge is 0.393 e. The normalized spacial score (nSPS) is 28.5. The van der Waals surface area contributed by atoms with Crippen molar-refractivity contribution in [3.63, 3.8) is 0 Å². The van der Waals surface area contributed by atoms with Crippen molar-refractivity contribution in [2.75, 3.05) is 13.1 Å². The summed E-state index contributed by atoms with van der Waals surface area (Å²) in [4.78, 5) is 11.2. The third kappa shape index (κ3) is 2.60. The molecule has 3 nitrogen and oxygen atoms in total. The van der Waals surface area contributed by atoms with Crippen molar-refractivity contribution < 1.29 is 9.90 Å². The molecule has 0 spiro atoms. The molecule has 11 heavy (non-hydrogen) atoms. The van der Waals surface area contributed by atoms with Crippen LogP contribution in [0, 0.1) is 5.92 Å². The van der Waals surface area contributed by atoms with Crippen molar-refractivity contribution >= 4 is 5.78 Å². The second kappa shape index (κ2) is 3.83. The highest BCUT2D eigenvalue weighted by atomic mass is 16.3. The number of rotatable bonds is 2. The first-order valence-electron chi connectivity index (χ1n) is 4.11. The molecule has 0 aromatic carbocycles. The summed E-state index contributed by atoms with van der Waals surface area (Å²) in [5.41, 5.74) is 0. The van der Waals surface area contributed by atoms with Gasteiger partial charge >= 0.3 is 0 Å². The van der Waals surface area contributed by atoms with E-state index in [1.807, 2.05) is 0 Å². The lowest BCUT2D eigenvalue weighted by atomic mass is 9.93. The summed E-state index contributed by atoms with van der Waals surface area (Å²) in [5, 5.41) is 12.2. The molecule has 0 amide bonds. The van der Waals surface area contributed by atoms with Crippen LogP contribution in [0.2, 0.25) is 0 Å². The second-order valence-corrected chi connectivity index (χ2v) is 3.20. The summed E-state index contributed by atoms with van der Waals surface area (Å²) >= 11 is 0. The SMILES string of the molecule is CC(O)CC1CNCCC1=O. The van der Waals surface area contributed by atoms with Gasteiger partial charge in [0, 0.05) is 25.4 Å². The number of aliphatic hydroxyl groups is 1. The zero-order valence-corrected chi connectivity index (χ0v) is 6.84. The molecule has 0 radical (unpaired) electrons. The van der Waals surface area contributed by atoms with Crippen LogP contribution >= 0.6 is 0 Å². The van der Waals surface area contributed by atoms with Gasteiger partial charge in [-0.1, -0.05) is 0 Å². The monoisotopic (exact) mass is 157 g/mol. The Kier molecular flexibility index (Phi) is 3.02. The molecule has 1 heterocycles. The maximum atomic E-state index is 11.2. The van der Waals surface area contributed by atoms with E-state index in [4.69, 9.17) is 5.11 Å². The first kappa shape index (κ1) is 8.68. The van der Waals surface area contributed by atoms with E-state index in [0.29, 0.717) is 18.6 Å². The third-order valence-corrected chi connectivity index (χ3v) is 2.02. The van der Waals surface area contributed by atoms with E-state index in [0.717, 1.165) is 13.1 Å². The van der Waals surface area contributed by atoms with Gasteiger partial charge in [0.05, 0.1) is 6.10 Å². The average Bonchev–Trinajstić information content (AvgIpc) is 1.93. The van der Waals surface area contributed by atoms with Crippen LogP contribution < -0.4 is 5.32 Å². The van der Waals surface area contributed by atoms with Crippen molar-refractivity contribution in [3.05, 3.63) is 0 Å². The fraction of sp³-hybridized carbons (Fsp3) is 0.875. The quantitative estimate of drug-likeness (QED) is 0.590. The minimum absolute atomic E-state index is 0.0451. The molecule has 2 N–H and O–H groups in total. The van der Waals surface area contributed by atoms with Crippen LogP contribution in [0.1, 0.15) is 19.8 Å². The smallest absolute Gasteiger partial charge is 0.138 e. The molecule has 1 rings (SSSR count). The molecule has 0 bridgehead atoms. The van der Waals surface area contributed by atoms with Gasteiger partial charge in [0.15, 0.2) is 0 Å². The number of ketones is 1. The number of hydrogen-bond donors (Lipinski definition) is 2. The predicted octanol–water partition coefficient (Wildman–Crippen LogP) is -0.0641. The Balaban J connectivity index is 2.36. The molecule has 2 unspecified atom stereocenters. The number of carbonyl (C=O) groups is 1. The van der Waals surface area contributed by atoms with Gasteiger partial charge < -0.3 is 10.4 Å². The highest BCUT2D eigenvalue weighted by Crippen LogP contribution is 2.12. The zero-order chi connectivity index (χ0) is 8.27. The Morgan fingerprint density at radius 3 is 3.09 bits per heavy atom. The Morgan fingerprint density at radius 2 is 2.55 bits per heavy atom. The molecule has 0 saturated carbocycles. The lowest BCUT2D eigenvalue weighted by molar-refractivity contribution is -0.124. The number of hydrogen-bond acceptors (Lipinski definition) is 3. The Hall–Kier alpha value is -0.410. The summed E-state index contributed by atoms with van der Waals surface area (Å²) in [6.07, 6.45) is 0.868. The van der Waals surface area contributed by atoms with E-state index in [2.05, 4.69) is 5.32 Å². The average molecular weight is 157 g/mol. The summed E-state index contributed by atoms with van der Waals surface area (Å²) in [5.74, 6) is 0.341. The van der Waals surface area contributed by atoms with Gasteiger partial charge in [-0.25, -0.2) is 0 Å². The van der Waals surface area contributed by atoms with Crippen LogP contribution in [-0.4, -0.2) is 30.1 Å². The summed E-state index contributed by atoms with van der Waals surface area (Å²) < 4.78 is 0. The minimum Gasteiger partial charge on any atom is -0.393 e. The summed E-state index contributed by atoms with van der Waals surface area (Å²) in [7, 11) is 0. The molecule has 0 aromatic rings. The van der Waals surface area contributed by atoms with Crippen LogP contribution in [0.15, 0.2) is 0 Å². The second-order valence-electron chi connectivity index (χ2n) is 3.20. The fourth-order valence-corrected chi connectivity index (χ4v) is 1.43. The third-order valence-electron chi connectivity index (χ3n) is 2.02. The van der Waals surface area contributed by atoms with Crippen molar-refractivity contribution in [2.24, 2.45) is 5.92 Å². The standard InChI is InChI=1S/C8H15NO2/c1-6(10)4-7-5-9-3-2-8(7)11/h6-7,9-10H,2-5H2,1H3. The number of nitrogens with one attached hydrogen (secondary N) is 1. The van der Waals surface area contributed by atoms with Gasteiger partial charge in [0.25, 0.3) is 0 Å². The van der Waals surface area contributed by atoms with E-state index >= 15 is 0 Å². The van der Waals surface area contributed by atoms with Crippen LogP contribution in [0.5, 0.6) is 0 Å². The van der Waals surface area contributed by atoms with Gasteiger partial charge in [-0.3, -0.25) is 4.79 Å². The Bertz CT molecular complexity index is 145. The van der Waals surface area contributed by atoms with E-state index in [-0.39, 0.29) is 12.0 Å².